The van der Waals surface area contributed by atoms with E-state index in [1.807, 2.05) is 6.26 Å². The summed E-state index contributed by atoms with van der Waals surface area (Å²) in [6, 6.07) is 9.72. The minimum Gasteiger partial charge on any atom is -0.332 e. The number of nitrogens with zero attached hydrogens (tertiary/aromatic N) is 2. The number of carbonyl (C=O) groups is 2. The van der Waals surface area contributed by atoms with Crippen molar-refractivity contribution in [3.05, 3.63) is 48.4 Å². The van der Waals surface area contributed by atoms with Crippen molar-refractivity contribution in [3.63, 3.8) is 0 Å². The summed E-state index contributed by atoms with van der Waals surface area (Å²) in [4.78, 5) is 35.4. The molecule has 4 rings (SSSR count). The van der Waals surface area contributed by atoms with Gasteiger partial charge in [-0.25, -0.2) is 14.4 Å². The molecule has 8 heteroatoms. The number of aromatic nitrogens is 3. The second-order valence-electron chi connectivity index (χ2n) is 6.54. The summed E-state index contributed by atoms with van der Waals surface area (Å²) < 4.78 is 13.3. The Morgan fingerprint density at radius 1 is 1.21 bits per heavy atom. The number of Topliss-reactive ketones (excluding diaryl/α,β-unsaturated/α-hetero) is 1. The number of hydrogen-bond acceptors (Lipinski definition) is 5. The van der Waals surface area contributed by atoms with Crippen LogP contribution >= 0.6 is 11.8 Å². The van der Waals surface area contributed by atoms with Crippen molar-refractivity contribution < 1.29 is 14.0 Å². The number of nitrogens with one attached hydrogen (secondary N) is 2. The molecule has 0 spiro atoms. The van der Waals surface area contributed by atoms with Crippen LogP contribution in [-0.2, 0) is 9.59 Å². The highest BCUT2D eigenvalue weighted by atomic mass is 32.2. The van der Waals surface area contributed by atoms with Gasteiger partial charge in [0.1, 0.15) is 17.4 Å². The lowest BCUT2D eigenvalue weighted by atomic mass is 9.83. The van der Waals surface area contributed by atoms with Crippen molar-refractivity contribution in [1.82, 2.24) is 15.0 Å². The molecule has 1 amide bonds. The molecule has 0 saturated heterocycles. The molecular formula is C20H17FN4O2S. The van der Waals surface area contributed by atoms with Crippen LogP contribution in [-0.4, -0.2) is 32.9 Å². The maximum atomic E-state index is 13.3. The van der Waals surface area contributed by atoms with Gasteiger partial charge in [-0.2, -0.15) is 0 Å². The van der Waals surface area contributed by atoms with Crippen LogP contribution in [0.1, 0.15) is 12.8 Å². The van der Waals surface area contributed by atoms with Gasteiger partial charge in [0.25, 0.3) is 0 Å². The fourth-order valence-electron chi connectivity index (χ4n) is 3.03. The van der Waals surface area contributed by atoms with Crippen molar-refractivity contribution in [2.24, 2.45) is 5.92 Å². The zero-order valence-corrected chi connectivity index (χ0v) is 15.8. The highest BCUT2D eigenvalue weighted by Crippen LogP contribution is 2.33. The zero-order valence-electron chi connectivity index (χ0n) is 15.0. The summed E-state index contributed by atoms with van der Waals surface area (Å²) in [5.41, 5.74) is 3.02. The van der Waals surface area contributed by atoms with Gasteiger partial charge < -0.3 is 10.3 Å². The maximum Gasteiger partial charge on any atom is 0.229 e. The molecule has 2 aromatic heterocycles. The molecule has 0 aliphatic heterocycles. The molecule has 0 unspecified atom stereocenters. The topological polar surface area (TPSA) is 87.7 Å². The second-order valence-corrected chi connectivity index (χ2v) is 7.33. The lowest BCUT2D eigenvalue weighted by molar-refractivity contribution is -0.135. The van der Waals surface area contributed by atoms with Crippen LogP contribution in [0, 0.1) is 11.7 Å². The Morgan fingerprint density at radius 2 is 1.96 bits per heavy atom. The van der Waals surface area contributed by atoms with Crippen LogP contribution in [0.2, 0.25) is 0 Å². The molecule has 1 aliphatic rings. The molecule has 3 aromatic rings. The van der Waals surface area contributed by atoms with Crippen LogP contribution in [0.25, 0.3) is 22.5 Å². The molecule has 142 valence electrons. The number of amides is 1. The molecule has 28 heavy (non-hydrogen) atoms. The Morgan fingerprint density at radius 3 is 2.64 bits per heavy atom. The van der Waals surface area contributed by atoms with Gasteiger partial charge in [0, 0.05) is 30.2 Å². The standard InChI is InChI=1S/C20H17FN4O2S/c1-28-20-24-17(11-2-4-14(21)5-3-11)18(25-20)12-6-7-22-16(10-12)23-19(27)13-8-15(26)9-13/h2-7,10,13H,8-9H2,1H3,(H,24,25)(H,22,23,27). The minimum atomic E-state index is -0.307. The van der Waals surface area contributed by atoms with Gasteiger partial charge in [-0.1, -0.05) is 11.8 Å². The molecule has 0 atom stereocenters. The van der Waals surface area contributed by atoms with E-state index < -0.39 is 0 Å². The minimum absolute atomic E-state index is 0.104. The van der Waals surface area contributed by atoms with Gasteiger partial charge in [-0.3, -0.25) is 9.59 Å². The van der Waals surface area contributed by atoms with Crippen molar-refractivity contribution >= 4 is 29.3 Å². The lowest BCUT2D eigenvalue weighted by Gasteiger charge is -2.22. The number of H-pyrrole nitrogens is 1. The number of aromatic amines is 1. The number of anilines is 1. The summed E-state index contributed by atoms with van der Waals surface area (Å²) in [5.74, 6) is -0.276. The van der Waals surface area contributed by atoms with Crippen molar-refractivity contribution in [1.29, 1.82) is 0 Å². The van der Waals surface area contributed by atoms with Gasteiger partial charge in [0.15, 0.2) is 5.16 Å². The zero-order chi connectivity index (χ0) is 19.7. The first-order valence-corrected chi connectivity index (χ1v) is 9.95. The van der Waals surface area contributed by atoms with Crippen LogP contribution in [0.3, 0.4) is 0 Å². The number of thioether (sulfide) groups is 1. The smallest absolute Gasteiger partial charge is 0.229 e. The van der Waals surface area contributed by atoms with Crippen molar-refractivity contribution in [3.8, 4) is 22.5 Å². The molecule has 1 saturated carbocycles. The van der Waals surface area contributed by atoms with Crippen molar-refractivity contribution in [2.45, 2.75) is 18.0 Å². The molecule has 0 bridgehead atoms. The SMILES string of the molecule is CSc1nc(-c2ccnc(NC(=O)C3CC(=O)C3)c2)c(-c2ccc(F)cc2)[nH]1. The highest BCUT2D eigenvalue weighted by molar-refractivity contribution is 7.98. The summed E-state index contributed by atoms with van der Waals surface area (Å²) in [5, 5.41) is 3.49. The first-order valence-electron chi connectivity index (χ1n) is 8.72. The third kappa shape index (κ3) is 3.68. The van der Waals surface area contributed by atoms with E-state index in [-0.39, 0.29) is 36.3 Å². The van der Waals surface area contributed by atoms with Gasteiger partial charge in [0.2, 0.25) is 5.91 Å². The number of halogens is 1. The van der Waals surface area contributed by atoms with E-state index in [1.54, 1.807) is 30.5 Å². The van der Waals surface area contributed by atoms with Gasteiger partial charge in [-0.05, 0) is 42.7 Å². The largest absolute Gasteiger partial charge is 0.332 e. The normalized spacial score (nSPS) is 14.0. The number of carbonyl (C=O) groups excluding carboxylic acids is 2. The van der Waals surface area contributed by atoms with E-state index in [4.69, 9.17) is 0 Å². The van der Waals surface area contributed by atoms with E-state index in [0.717, 1.165) is 22.0 Å². The average Bonchev–Trinajstić information content (AvgIpc) is 3.11. The fraction of sp³-hybridized carbons (Fsp3) is 0.200. The second kappa shape index (κ2) is 7.55. The number of ketones is 1. The Balaban J connectivity index is 1.65. The molecular weight excluding hydrogens is 379 g/mol. The third-order valence-corrected chi connectivity index (χ3v) is 5.19. The fourth-order valence-corrected chi connectivity index (χ4v) is 3.42. The number of pyridine rings is 1. The number of hydrogen-bond donors (Lipinski definition) is 2. The number of benzene rings is 1. The Hall–Kier alpha value is -3.00. The first kappa shape index (κ1) is 18.4. The predicted molar refractivity (Wildman–Crippen MR) is 105 cm³/mol. The van der Waals surface area contributed by atoms with Crippen LogP contribution < -0.4 is 5.32 Å². The Kier molecular flexibility index (Phi) is 4.95. The Bertz CT molecular complexity index is 1040. The number of rotatable bonds is 5. The van der Waals surface area contributed by atoms with Crippen molar-refractivity contribution in [2.75, 3.05) is 11.6 Å². The van der Waals surface area contributed by atoms with E-state index in [0.29, 0.717) is 11.5 Å². The van der Waals surface area contributed by atoms with Crippen LogP contribution in [0.15, 0.2) is 47.8 Å². The average molecular weight is 396 g/mol. The van der Waals surface area contributed by atoms with E-state index >= 15 is 0 Å². The summed E-state index contributed by atoms with van der Waals surface area (Å²) >= 11 is 1.47. The number of imidazole rings is 1. The molecule has 2 heterocycles. The molecule has 6 nitrogen and oxygen atoms in total. The summed E-state index contributed by atoms with van der Waals surface area (Å²) in [6.07, 6.45) is 4.08. The molecule has 1 fully saturated rings. The first-order chi connectivity index (χ1) is 13.5. The Labute approximate surface area is 165 Å². The summed E-state index contributed by atoms with van der Waals surface area (Å²) in [7, 11) is 0. The van der Waals surface area contributed by atoms with Crippen LogP contribution in [0.4, 0.5) is 10.2 Å². The van der Waals surface area contributed by atoms with Crippen LogP contribution in [0.5, 0.6) is 0 Å². The van der Waals surface area contributed by atoms with Gasteiger partial charge in [-0.15, -0.1) is 0 Å². The molecule has 1 aromatic carbocycles. The molecule has 1 aliphatic carbocycles. The molecule has 0 radical (unpaired) electrons. The lowest BCUT2D eigenvalue weighted by Crippen LogP contribution is -2.34. The van der Waals surface area contributed by atoms with Gasteiger partial charge >= 0.3 is 0 Å². The highest BCUT2D eigenvalue weighted by Gasteiger charge is 2.32. The predicted octanol–water partition coefficient (Wildman–Crippen LogP) is 3.92. The van der Waals surface area contributed by atoms with E-state index in [9.17, 15) is 14.0 Å². The monoisotopic (exact) mass is 396 g/mol. The van der Waals surface area contributed by atoms with E-state index in [2.05, 4.69) is 20.3 Å². The third-order valence-electron chi connectivity index (χ3n) is 4.61. The summed E-state index contributed by atoms with van der Waals surface area (Å²) in [6.45, 7) is 0. The van der Waals surface area contributed by atoms with Gasteiger partial charge in [0.05, 0.1) is 17.3 Å². The molecule has 2 N–H and O–H groups in total. The quantitative estimate of drug-likeness (QED) is 0.638. The van der Waals surface area contributed by atoms with E-state index in [1.165, 1.54) is 23.9 Å². The maximum absolute atomic E-state index is 13.3.